The lowest BCUT2D eigenvalue weighted by Gasteiger charge is -2.08. The zero-order valence-corrected chi connectivity index (χ0v) is 12.8. The number of aromatic carboxylic acids is 1. The third-order valence-corrected chi connectivity index (χ3v) is 3.33. The second kappa shape index (κ2) is 6.93. The third-order valence-electron chi connectivity index (χ3n) is 3.00. The number of carbonyl (C=O) groups is 3. The number of esters is 1. The van der Waals surface area contributed by atoms with E-state index in [4.69, 9.17) is 16.7 Å². The fraction of sp³-hybridized carbons (Fsp3) is 0.0625. The van der Waals surface area contributed by atoms with Crippen LogP contribution in [0.1, 0.15) is 31.1 Å². The summed E-state index contributed by atoms with van der Waals surface area (Å²) >= 11 is 5.77. The van der Waals surface area contributed by atoms with Crippen LogP contribution < -0.4 is 5.32 Å². The van der Waals surface area contributed by atoms with Crippen LogP contribution in [0.4, 0.5) is 5.69 Å². The summed E-state index contributed by atoms with van der Waals surface area (Å²) in [7, 11) is 1.25. The largest absolute Gasteiger partial charge is 0.478 e. The minimum Gasteiger partial charge on any atom is -0.478 e. The molecule has 0 fully saturated rings. The molecular formula is C16H12ClNO5. The monoisotopic (exact) mass is 333 g/mol. The summed E-state index contributed by atoms with van der Waals surface area (Å²) in [6.45, 7) is 0. The van der Waals surface area contributed by atoms with E-state index >= 15 is 0 Å². The molecule has 0 saturated carbocycles. The van der Waals surface area contributed by atoms with Gasteiger partial charge in [0.25, 0.3) is 5.91 Å². The van der Waals surface area contributed by atoms with Gasteiger partial charge in [0.1, 0.15) is 0 Å². The van der Waals surface area contributed by atoms with Gasteiger partial charge in [0.2, 0.25) is 0 Å². The summed E-state index contributed by atoms with van der Waals surface area (Å²) in [4.78, 5) is 34.7. The standard InChI is InChI=1S/C16H12ClNO5/c1-23-16(22)10-4-2-3-9(7-10)14(19)18-11-5-6-13(17)12(8-11)15(20)21/h2-8H,1H3,(H,18,19)(H,20,21). The van der Waals surface area contributed by atoms with E-state index in [1.54, 1.807) is 6.07 Å². The zero-order chi connectivity index (χ0) is 17.0. The smallest absolute Gasteiger partial charge is 0.337 e. The molecule has 0 bridgehead atoms. The van der Waals surface area contributed by atoms with Gasteiger partial charge >= 0.3 is 11.9 Å². The fourth-order valence-corrected chi connectivity index (χ4v) is 2.07. The number of nitrogens with one attached hydrogen (secondary N) is 1. The van der Waals surface area contributed by atoms with Crippen molar-refractivity contribution in [3.8, 4) is 0 Å². The molecule has 23 heavy (non-hydrogen) atoms. The molecule has 2 N–H and O–H groups in total. The number of benzene rings is 2. The molecule has 2 aromatic carbocycles. The maximum Gasteiger partial charge on any atom is 0.337 e. The molecule has 0 heterocycles. The van der Waals surface area contributed by atoms with Gasteiger partial charge in [-0.2, -0.15) is 0 Å². The van der Waals surface area contributed by atoms with E-state index < -0.39 is 17.8 Å². The van der Waals surface area contributed by atoms with Crippen LogP contribution >= 0.6 is 11.6 Å². The van der Waals surface area contributed by atoms with Crippen LogP contribution in [-0.2, 0) is 4.74 Å². The van der Waals surface area contributed by atoms with E-state index in [1.165, 1.54) is 43.5 Å². The van der Waals surface area contributed by atoms with Crippen molar-refractivity contribution in [2.75, 3.05) is 12.4 Å². The minimum atomic E-state index is -1.20. The molecule has 2 aromatic rings. The first kappa shape index (κ1) is 16.5. The number of amides is 1. The highest BCUT2D eigenvalue weighted by Crippen LogP contribution is 2.21. The number of carboxylic acids is 1. The first-order valence-electron chi connectivity index (χ1n) is 6.45. The van der Waals surface area contributed by atoms with E-state index in [0.29, 0.717) is 0 Å². The topological polar surface area (TPSA) is 92.7 Å². The molecule has 0 aromatic heterocycles. The molecule has 0 aliphatic heterocycles. The van der Waals surface area contributed by atoms with Crippen molar-refractivity contribution >= 4 is 35.1 Å². The van der Waals surface area contributed by atoms with Crippen molar-refractivity contribution in [1.29, 1.82) is 0 Å². The SMILES string of the molecule is COC(=O)c1cccc(C(=O)Nc2ccc(Cl)c(C(=O)O)c2)c1. The summed E-state index contributed by atoms with van der Waals surface area (Å²) < 4.78 is 4.59. The van der Waals surface area contributed by atoms with Gasteiger partial charge in [-0.25, -0.2) is 9.59 Å². The Morgan fingerprint density at radius 3 is 2.43 bits per heavy atom. The van der Waals surface area contributed by atoms with E-state index in [1.807, 2.05) is 0 Å². The highest BCUT2D eigenvalue weighted by Gasteiger charge is 2.13. The Morgan fingerprint density at radius 1 is 1.09 bits per heavy atom. The predicted octanol–water partition coefficient (Wildman–Crippen LogP) is 3.08. The highest BCUT2D eigenvalue weighted by molar-refractivity contribution is 6.33. The average molecular weight is 334 g/mol. The number of hydrogen-bond donors (Lipinski definition) is 2. The Bertz CT molecular complexity index is 788. The van der Waals surface area contributed by atoms with Crippen LogP contribution in [0.3, 0.4) is 0 Å². The Hall–Kier alpha value is -2.86. The van der Waals surface area contributed by atoms with Gasteiger partial charge in [-0.15, -0.1) is 0 Å². The van der Waals surface area contributed by atoms with Crippen LogP contribution in [0.2, 0.25) is 5.02 Å². The molecule has 0 radical (unpaired) electrons. The minimum absolute atomic E-state index is 0.0724. The van der Waals surface area contributed by atoms with Crippen molar-refractivity contribution in [2.24, 2.45) is 0 Å². The van der Waals surface area contributed by atoms with Crippen LogP contribution in [0.25, 0.3) is 0 Å². The molecule has 0 saturated heterocycles. The van der Waals surface area contributed by atoms with Crippen molar-refractivity contribution in [3.05, 3.63) is 64.2 Å². The third kappa shape index (κ3) is 3.87. The van der Waals surface area contributed by atoms with Gasteiger partial charge in [0.05, 0.1) is 23.3 Å². The Kier molecular flexibility index (Phi) is 4.98. The van der Waals surface area contributed by atoms with E-state index in [2.05, 4.69) is 10.1 Å². The molecule has 7 heteroatoms. The Labute approximate surface area is 136 Å². The van der Waals surface area contributed by atoms with Gasteiger partial charge in [0.15, 0.2) is 0 Å². The second-order valence-electron chi connectivity index (χ2n) is 4.53. The molecule has 0 atom stereocenters. The molecule has 0 aliphatic rings. The average Bonchev–Trinajstić information content (AvgIpc) is 2.55. The highest BCUT2D eigenvalue weighted by atomic mass is 35.5. The van der Waals surface area contributed by atoms with Crippen molar-refractivity contribution in [2.45, 2.75) is 0 Å². The van der Waals surface area contributed by atoms with E-state index in [-0.39, 0.29) is 27.4 Å². The van der Waals surface area contributed by atoms with Crippen molar-refractivity contribution < 1.29 is 24.2 Å². The zero-order valence-electron chi connectivity index (χ0n) is 12.0. The number of anilines is 1. The van der Waals surface area contributed by atoms with Crippen molar-refractivity contribution in [3.63, 3.8) is 0 Å². The fourth-order valence-electron chi connectivity index (χ4n) is 1.88. The van der Waals surface area contributed by atoms with Crippen LogP contribution in [-0.4, -0.2) is 30.1 Å². The number of rotatable bonds is 4. The number of carboxylic acid groups (broad SMARTS) is 1. The summed E-state index contributed by atoms with van der Waals surface area (Å²) in [5, 5.41) is 11.6. The number of methoxy groups -OCH3 is 1. The van der Waals surface area contributed by atoms with E-state index in [0.717, 1.165) is 0 Å². The van der Waals surface area contributed by atoms with Crippen molar-refractivity contribution in [1.82, 2.24) is 0 Å². The van der Waals surface area contributed by atoms with Gasteiger partial charge in [-0.3, -0.25) is 4.79 Å². The van der Waals surface area contributed by atoms with Gasteiger partial charge in [0, 0.05) is 11.3 Å². The lowest BCUT2D eigenvalue weighted by Crippen LogP contribution is -2.13. The lowest BCUT2D eigenvalue weighted by molar-refractivity contribution is 0.0599. The normalized spacial score (nSPS) is 10.0. The summed E-state index contributed by atoms with van der Waals surface area (Å²) in [5.74, 6) is -2.24. The van der Waals surface area contributed by atoms with Gasteiger partial charge in [-0.1, -0.05) is 17.7 Å². The summed E-state index contributed by atoms with van der Waals surface area (Å²) in [5.41, 5.74) is 0.634. The lowest BCUT2D eigenvalue weighted by atomic mass is 10.1. The number of carbonyl (C=O) groups excluding carboxylic acids is 2. The molecule has 118 valence electrons. The number of hydrogen-bond acceptors (Lipinski definition) is 4. The van der Waals surface area contributed by atoms with Crippen LogP contribution in [0.15, 0.2) is 42.5 Å². The molecule has 6 nitrogen and oxygen atoms in total. The molecule has 2 rings (SSSR count). The molecule has 0 unspecified atom stereocenters. The first-order valence-corrected chi connectivity index (χ1v) is 6.82. The Morgan fingerprint density at radius 2 is 1.78 bits per heavy atom. The van der Waals surface area contributed by atoms with Crippen LogP contribution in [0.5, 0.6) is 0 Å². The van der Waals surface area contributed by atoms with Gasteiger partial charge < -0.3 is 15.2 Å². The van der Waals surface area contributed by atoms with Gasteiger partial charge in [-0.05, 0) is 36.4 Å². The molecule has 0 aliphatic carbocycles. The Balaban J connectivity index is 2.24. The predicted molar refractivity (Wildman–Crippen MR) is 84.1 cm³/mol. The second-order valence-corrected chi connectivity index (χ2v) is 4.93. The molecular weight excluding hydrogens is 322 g/mol. The maximum atomic E-state index is 12.2. The quantitative estimate of drug-likeness (QED) is 0.839. The van der Waals surface area contributed by atoms with E-state index in [9.17, 15) is 14.4 Å². The van der Waals surface area contributed by atoms with Crippen LogP contribution in [0, 0.1) is 0 Å². The molecule has 1 amide bonds. The maximum absolute atomic E-state index is 12.2. The number of ether oxygens (including phenoxy) is 1. The summed E-state index contributed by atoms with van der Waals surface area (Å²) in [6, 6.07) is 10.1. The molecule has 0 spiro atoms. The first-order chi connectivity index (χ1) is 10.9. The number of halogens is 1. The summed E-state index contributed by atoms with van der Waals surface area (Å²) in [6.07, 6.45) is 0.